The Labute approximate surface area is 82.0 Å². The first-order valence-electron chi connectivity index (χ1n) is 5.20. The summed E-state index contributed by atoms with van der Waals surface area (Å²) in [5.74, 6) is 0.132. The Kier molecular flexibility index (Phi) is 4.40. The van der Waals surface area contributed by atoms with E-state index in [4.69, 9.17) is 0 Å². The highest BCUT2D eigenvalue weighted by Gasteiger charge is 2.31. The summed E-state index contributed by atoms with van der Waals surface area (Å²) in [5, 5.41) is 19.8. The lowest BCUT2D eigenvalue weighted by Crippen LogP contribution is -2.37. The third-order valence-corrected chi connectivity index (χ3v) is 3.29. The lowest BCUT2D eigenvalue weighted by molar-refractivity contribution is -0.0459. The van der Waals surface area contributed by atoms with Gasteiger partial charge < -0.3 is 10.2 Å². The lowest BCUT2D eigenvalue weighted by Gasteiger charge is -2.34. The maximum atomic E-state index is 9.94. The molecule has 0 aromatic heterocycles. The van der Waals surface area contributed by atoms with Crippen molar-refractivity contribution in [3.8, 4) is 0 Å². The molecule has 0 aliphatic heterocycles. The molecule has 0 spiro atoms. The normalized spacial score (nSPS) is 23.3. The van der Waals surface area contributed by atoms with E-state index in [0.717, 1.165) is 12.8 Å². The van der Waals surface area contributed by atoms with E-state index in [9.17, 15) is 10.2 Å². The summed E-state index contributed by atoms with van der Waals surface area (Å²) in [4.78, 5) is 0. The smallest absolute Gasteiger partial charge is 0.0643 e. The van der Waals surface area contributed by atoms with Crippen LogP contribution in [-0.4, -0.2) is 21.4 Å². The summed E-state index contributed by atoms with van der Waals surface area (Å²) in [5.41, 5.74) is -1.29. The van der Waals surface area contributed by atoms with E-state index in [0.29, 0.717) is 6.42 Å². The monoisotopic (exact) mass is 188 g/mol. The van der Waals surface area contributed by atoms with E-state index in [1.165, 1.54) is 0 Å². The first kappa shape index (κ1) is 12.9. The van der Waals surface area contributed by atoms with Crippen LogP contribution in [0.15, 0.2) is 0 Å². The van der Waals surface area contributed by atoms with Crippen molar-refractivity contribution in [2.24, 2.45) is 5.92 Å². The fourth-order valence-electron chi connectivity index (χ4n) is 1.37. The van der Waals surface area contributed by atoms with Gasteiger partial charge in [0.25, 0.3) is 0 Å². The molecule has 0 aliphatic carbocycles. The first-order chi connectivity index (χ1) is 5.75. The molecule has 3 atom stereocenters. The number of hydrogen-bond donors (Lipinski definition) is 2. The third kappa shape index (κ3) is 4.10. The Balaban J connectivity index is 4.22. The molecule has 0 saturated heterocycles. The third-order valence-electron chi connectivity index (χ3n) is 3.29. The van der Waals surface area contributed by atoms with Crippen molar-refractivity contribution in [3.05, 3.63) is 0 Å². The van der Waals surface area contributed by atoms with Gasteiger partial charge in [-0.3, -0.25) is 0 Å². The maximum Gasteiger partial charge on any atom is 0.0643 e. The molecule has 0 radical (unpaired) electrons. The minimum Gasteiger partial charge on any atom is -0.390 e. The lowest BCUT2D eigenvalue weighted by atomic mass is 9.80. The van der Waals surface area contributed by atoms with E-state index < -0.39 is 11.2 Å². The van der Waals surface area contributed by atoms with Crippen LogP contribution in [0, 0.1) is 5.92 Å². The molecule has 0 aliphatic rings. The van der Waals surface area contributed by atoms with Crippen molar-refractivity contribution in [2.75, 3.05) is 0 Å². The Bertz CT molecular complexity index is 150. The van der Waals surface area contributed by atoms with Gasteiger partial charge in [-0.15, -0.1) is 0 Å². The fourth-order valence-corrected chi connectivity index (χ4v) is 1.37. The molecule has 0 bridgehead atoms. The second-order valence-electron chi connectivity index (χ2n) is 4.67. The van der Waals surface area contributed by atoms with Gasteiger partial charge in [0, 0.05) is 0 Å². The summed E-state index contributed by atoms with van der Waals surface area (Å²) in [6.45, 7) is 9.59. The van der Waals surface area contributed by atoms with Crippen molar-refractivity contribution < 1.29 is 10.2 Å². The van der Waals surface area contributed by atoms with Crippen molar-refractivity contribution >= 4 is 0 Å². The highest BCUT2D eigenvalue weighted by Crippen LogP contribution is 2.29. The Morgan fingerprint density at radius 2 is 1.54 bits per heavy atom. The second-order valence-corrected chi connectivity index (χ2v) is 4.67. The SMILES string of the molecule is CCC(C)(O)CC(C)C(C)(O)CC. The van der Waals surface area contributed by atoms with Gasteiger partial charge in [0.05, 0.1) is 11.2 Å². The van der Waals surface area contributed by atoms with Gasteiger partial charge in [0.15, 0.2) is 0 Å². The van der Waals surface area contributed by atoms with Crippen LogP contribution in [0.3, 0.4) is 0 Å². The first-order valence-corrected chi connectivity index (χ1v) is 5.20. The topological polar surface area (TPSA) is 40.5 Å². The summed E-state index contributed by atoms with van der Waals surface area (Å²) >= 11 is 0. The molecule has 0 fully saturated rings. The fraction of sp³-hybridized carbons (Fsp3) is 1.00. The van der Waals surface area contributed by atoms with Crippen LogP contribution in [0.25, 0.3) is 0 Å². The van der Waals surface area contributed by atoms with Crippen molar-refractivity contribution in [3.63, 3.8) is 0 Å². The molecule has 0 rings (SSSR count). The molecule has 0 aromatic carbocycles. The Morgan fingerprint density at radius 3 is 1.85 bits per heavy atom. The Morgan fingerprint density at radius 1 is 1.08 bits per heavy atom. The minimum absolute atomic E-state index is 0.132. The molecular formula is C11H24O2. The molecule has 0 heterocycles. The van der Waals surface area contributed by atoms with Crippen LogP contribution in [0.4, 0.5) is 0 Å². The Hall–Kier alpha value is -0.0800. The van der Waals surface area contributed by atoms with Crippen LogP contribution in [0.5, 0.6) is 0 Å². The molecule has 2 nitrogen and oxygen atoms in total. The zero-order chi connectivity index (χ0) is 10.7. The van der Waals surface area contributed by atoms with E-state index in [1.54, 1.807) is 0 Å². The largest absolute Gasteiger partial charge is 0.390 e. The molecule has 13 heavy (non-hydrogen) atoms. The summed E-state index contributed by atoms with van der Waals surface area (Å²) in [6.07, 6.45) is 2.12. The van der Waals surface area contributed by atoms with E-state index in [2.05, 4.69) is 0 Å². The van der Waals surface area contributed by atoms with E-state index in [-0.39, 0.29) is 5.92 Å². The molecule has 0 amide bonds. The van der Waals surface area contributed by atoms with Gasteiger partial charge in [-0.25, -0.2) is 0 Å². The average Bonchev–Trinajstić information content (AvgIpc) is 2.04. The summed E-state index contributed by atoms with van der Waals surface area (Å²) in [7, 11) is 0. The average molecular weight is 188 g/mol. The van der Waals surface area contributed by atoms with Gasteiger partial charge in [-0.2, -0.15) is 0 Å². The second kappa shape index (κ2) is 4.43. The number of hydrogen-bond acceptors (Lipinski definition) is 2. The summed E-state index contributed by atoms with van der Waals surface area (Å²) < 4.78 is 0. The standard InChI is InChI=1S/C11H24O2/c1-6-10(4,12)8-9(3)11(5,13)7-2/h9,12-13H,6-8H2,1-5H3. The van der Waals surface area contributed by atoms with Crippen molar-refractivity contribution in [1.29, 1.82) is 0 Å². The molecule has 0 saturated carbocycles. The molecule has 0 aromatic rings. The van der Waals surface area contributed by atoms with Crippen LogP contribution < -0.4 is 0 Å². The van der Waals surface area contributed by atoms with Crippen LogP contribution >= 0.6 is 0 Å². The zero-order valence-corrected chi connectivity index (χ0v) is 9.59. The van der Waals surface area contributed by atoms with Crippen LogP contribution in [0.2, 0.25) is 0 Å². The summed E-state index contributed by atoms with van der Waals surface area (Å²) in [6, 6.07) is 0. The minimum atomic E-state index is -0.654. The van der Waals surface area contributed by atoms with Gasteiger partial charge in [-0.05, 0) is 39.0 Å². The van der Waals surface area contributed by atoms with Crippen molar-refractivity contribution in [1.82, 2.24) is 0 Å². The zero-order valence-electron chi connectivity index (χ0n) is 9.59. The van der Waals surface area contributed by atoms with Crippen LogP contribution in [-0.2, 0) is 0 Å². The molecule has 2 N–H and O–H groups in total. The van der Waals surface area contributed by atoms with Gasteiger partial charge in [-0.1, -0.05) is 20.8 Å². The number of rotatable bonds is 5. The van der Waals surface area contributed by atoms with Gasteiger partial charge in [0.1, 0.15) is 0 Å². The predicted octanol–water partition coefficient (Wildman–Crippen LogP) is 2.33. The molecular weight excluding hydrogens is 164 g/mol. The predicted molar refractivity (Wildman–Crippen MR) is 55.6 cm³/mol. The molecule has 3 unspecified atom stereocenters. The van der Waals surface area contributed by atoms with Gasteiger partial charge >= 0.3 is 0 Å². The van der Waals surface area contributed by atoms with E-state index >= 15 is 0 Å². The quantitative estimate of drug-likeness (QED) is 0.695. The molecule has 80 valence electrons. The maximum absolute atomic E-state index is 9.94. The molecule has 2 heteroatoms. The van der Waals surface area contributed by atoms with Crippen LogP contribution in [0.1, 0.15) is 53.9 Å². The van der Waals surface area contributed by atoms with Crippen molar-refractivity contribution in [2.45, 2.75) is 65.1 Å². The highest BCUT2D eigenvalue weighted by molar-refractivity contribution is 4.83. The van der Waals surface area contributed by atoms with E-state index in [1.807, 2.05) is 34.6 Å². The highest BCUT2D eigenvalue weighted by atomic mass is 16.3. The van der Waals surface area contributed by atoms with Gasteiger partial charge in [0.2, 0.25) is 0 Å². The number of aliphatic hydroxyl groups is 2.